The molecule has 0 aliphatic rings. The van der Waals surface area contributed by atoms with Gasteiger partial charge in [-0.1, -0.05) is 6.07 Å². The average molecular weight is 428 g/mol. The van der Waals surface area contributed by atoms with Crippen LogP contribution >= 0.6 is 11.8 Å². The molecule has 28 heavy (non-hydrogen) atoms. The summed E-state index contributed by atoms with van der Waals surface area (Å²) in [4.78, 5) is 16.0. The second-order valence-electron chi connectivity index (χ2n) is 7.08. The number of halogens is 1. The molecule has 2 rings (SSSR count). The maximum Gasteiger partial charge on any atom is 0.324 e. The lowest BCUT2D eigenvalue weighted by Gasteiger charge is -2.22. The number of pyridine rings is 1. The second-order valence-corrected chi connectivity index (χ2v) is 9.14. The molecule has 0 bridgehead atoms. The number of rotatable bonds is 5. The van der Waals surface area contributed by atoms with Gasteiger partial charge in [0.25, 0.3) is 0 Å². The first-order chi connectivity index (χ1) is 12.8. The Balaban J connectivity index is 2.34. The first-order valence-electron chi connectivity index (χ1n) is 8.25. The van der Waals surface area contributed by atoms with Gasteiger partial charge < -0.3 is 10.5 Å². The van der Waals surface area contributed by atoms with Crippen LogP contribution in [0.5, 0.6) is 0 Å². The molecule has 1 unspecified atom stereocenters. The number of carbonyl (C=O) groups excluding carboxylic acids is 1. The van der Waals surface area contributed by atoms with E-state index in [-0.39, 0.29) is 4.90 Å². The van der Waals surface area contributed by atoms with Crippen LogP contribution in [0.15, 0.2) is 35.5 Å². The Bertz CT molecular complexity index is 1020. The standard InChI is InChI=1S/C17H22ClN5O4S/c1-10(15(24)27-17(2,3)4)22-28(25,26)12-5-6-13-11(7-12)8-21-9-14(13)23(18)16(19)20/h5-10,22H,1-4H3,(H3,19,20). The minimum Gasteiger partial charge on any atom is -0.459 e. The molecule has 2 aromatic rings. The van der Waals surface area contributed by atoms with Crippen molar-refractivity contribution in [3.8, 4) is 0 Å². The second kappa shape index (κ2) is 7.90. The van der Waals surface area contributed by atoms with Crippen LogP contribution in [0.3, 0.4) is 0 Å². The molecule has 4 N–H and O–H groups in total. The molecular weight excluding hydrogens is 406 g/mol. The minimum absolute atomic E-state index is 0.0571. The van der Waals surface area contributed by atoms with Crippen LogP contribution in [-0.2, 0) is 19.6 Å². The Kier molecular flexibility index (Phi) is 6.17. The van der Waals surface area contributed by atoms with E-state index in [0.717, 1.165) is 4.42 Å². The number of aromatic nitrogens is 1. The van der Waals surface area contributed by atoms with Gasteiger partial charge in [-0.15, -0.1) is 0 Å². The predicted octanol–water partition coefficient (Wildman–Crippen LogP) is 2.10. The quantitative estimate of drug-likeness (QED) is 0.287. The Morgan fingerprint density at radius 2 is 2.00 bits per heavy atom. The van der Waals surface area contributed by atoms with Crippen LogP contribution in [0.1, 0.15) is 27.7 Å². The van der Waals surface area contributed by atoms with Crippen LogP contribution in [-0.4, -0.2) is 37.0 Å². The Morgan fingerprint density at radius 1 is 1.36 bits per heavy atom. The molecule has 0 aliphatic heterocycles. The van der Waals surface area contributed by atoms with E-state index in [1.165, 1.54) is 37.5 Å². The fourth-order valence-electron chi connectivity index (χ4n) is 2.33. The number of esters is 1. The highest BCUT2D eigenvalue weighted by Crippen LogP contribution is 2.28. The molecule has 9 nitrogen and oxygen atoms in total. The molecule has 152 valence electrons. The monoisotopic (exact) mass is 427 g/mol. The summed E-state index contributed by atoms with van der Waals surface area (Å²) in [5, 5.41) is 8.45. The third-order valence-electron chi connectivity index (χ3n) is 3.53. The Labute approximate surface area is 168 Å². The van der Waals surface area contributed by atoms with Gasteiger partial charge in [-0.25, -0.2) is 12.8 Å². The number of carbonyl (C=O) groups is 1. The molecule has 0 amide bonds. The SMILES string of the molecule is CC(NS(=O)(=O)c1ccc2c(N(Cl)C(=N)N)cncc2c1)C(=O)OC(C)(C)C. The van der Waals surface area contributed by atoms with E-state index in [0.29, 0.717) is 16.5 Å². The van der Waals surface area contributed by atoms with E-state index >= 15 is 0 Å². The molecule has 1 heterocycles. The summed E-state index contributed by atoms with van der Waals surface area (Å²) >= 11 is 5.97. The van der Waals surface area contributed by atoms with Crippen molar-refractivity contribution in [3.05, 3.63) is 30.6 Å². The molecule has 1 aromatic heterocycles. The first-order valence-corrected chi connectivity index (χ1v) is 10.1. The molecule has 11 heteroatoms. The lowest BCUT2D eigenvalue weighted by Crippen LogP contribution is -2.42. The van der Waals surface area contributed by atoms with E-state index < -0.39 is 33.6 Å². The Morgan fingerprint density at radius 3 is 2.57 bits per heavy atom. The van der Waals surface area contributed by atoms with Gasteiger partial charge in [0.1, 0.15) is 11.6 Å². The minimum atomic E-state index is -3.99. The van der Waals surface area contributed by atoms with E-state index in [2.05, 4.69) is 9.71 Å². The van der Waals surface area contributed by atoms with Gasteiger partial charge in [0.05, 0.1) is 16.8 Å². The van der Waals surface area contributed by atoms with Crippen molar-refractivity contribution in [1.29, 1.82) is 5.41 Å². The van der Waals surface area contributed by atoms with Gasteiger partial charge in [0, 0.05) is 28.7 Å². The lowest BCUT2D eigenvalue weighted by molar-refractivity contribution is -0.156. The van der Waals surface area contributed by atoms with E-state index in [1.54, 1.807) is 20.8 Å². The fraction of sp³-hybridized carbons (Fsp3) is 0.353. The molecule has 0 fully saturated rings. The summed E-state index contributed by atoms with van der Waals surface area (Å²) in [5.41, 5.74) is 4.99. The number of anilines is 1. The van der Waals surface area contributed by atoms with E-state index in [1.807, 2.05) is 0 Å². The molecule has 0 saturated heterocycles. The maximum atomic E-state index is 12.7. The number of benzene rings is 1. The first kappa shape index (κ1) is 21.9. The van der Waals surface area contributed by atoms with Crippen LogP contribution in [0.2, 0.25) is 0 Å². The Hall–Kier alpha value is -2.43. The van der Waals surface area contributed by atoms with Crippen molar-refractivity contribution >= 4 is 50.2 Å². The number of nitrogens with zero attached hydrogens (tertiary/aromatic N) is 2. The van der Waals surface area contributed by atoms with Crippen molar-refractivity contribution in [1.82, 2.24) is 9.71 Å². The average Bonchev–Trinajstić information content (AvgIpc) is 2.58. The van der Waals surface area contributed by atoms with Gasteiger partial charge in [-0.05, 0) is 39.8 Å². The van der Waals surface area contributed by atoms with Crippen molar-refractivity contribution in [2.75, 3.05) is 4.42 Å². The van der Waals surface area contributed by atoms with E-state index in [9.17, 15) is 13.2 Å². The number of hydrogen-bond acceptors (Lipinski definition) is 6. The number of fused-ring (bicyclic) bond motifs is 1. The zero-order valence-electron chi connectivity index (χ0n) is 15.9. The van der Waals surface area contributed by atoms with Crippen LogP contribution < -0.4 is 14.9 Å². The molecule has 0 radical (unpaired) electrons. The van der Waals surface area contributed by atoms with Crippen molar-refractivity contribution in [2.45, 2.75) is 44.2 Å². The van der Waals surface area contributed by atoms with Gasteiger partial charge in [-0.2, -0.15) is 4.72 Å². The normalized spacial score (nSPS) is 13.2. The number of hydrogen-bond donors (Lipinski definition) is 3. The molecule has 0 saturated carbocycles. The summed E-state index contributed by atoms with van der Waals surface area (Å²) in [6.07, 6.45) is 2.87. The highest BCUT2D eigenvalue weighted by atomic mass is 35.5. The van der Waals surface area contributed by atoms with Crippen LogP contribution in [0.25, 0.3) is 10.8 Å². The maximum absolute atomic E-state index is 12.7. The molecule has 0 aliphatic carbocycles. The lowest BCUT2D eigenvalue weighted by atomic mass is 10.1. The molecular formula is C17H22ClN5O4S. The zero-order valence-corrected chi connectivity index (χ0v) is 17.4. The number of ether oxygens (including phenoxy) is 1. The third kappa shape index (κ3) is 5.09. The zero-order chi connectivity index (χ0) is 21.3. The molecule has 1 atom stereocenters. The number of nitrogens with two attached hydrogens (primary N) is 1. The number of nitrogens with one attached hydrogen (secondary N) is 2. The van der Waals surface area contributed by atoms with Crippen molar-refractivity contribution in [3.63, 3.8) is 0 Å². The van der Waals surface area contributed by atoms with E-state index in [4.69, 9.17) is 27.7 Å². The summed E-state index contributed by atoms with van der Waals surface area (Å²) in [5.74, 6) is -1.08. The fourth-order valence-corrected chi connectivity index (χ4v) is 3.69. The molecule has 0 spiro atoms. The number of guanidine groups is 1. The van der Waals surface area contributed by atoms with Crippen molar-refractivity contribution < 1.29 is 17.9 Å². The highest BCUT2D eigenvalue weighted by molar-refractivity contribution is 7.89. The van der Waals surface area contributed by atoms with Crippen molar-refractivity contribution in [2.24, 2.45) is 5.73 Å². The largest absolute Gasteiger partial charge is 0.459 e. The third-order valence-corrected chi connectivity index (χ3v) is 5.44. The van der Waals surface area contributed by atoms with Crippen LogP contribution in [0.4, 0.5) is 5.69 Å². The van der Waals surface area contributed by atoms with Gasteiger partial charge >= 0.3 is 5.97 Å². The van der Waals surface area contributed by atoms with Gasteiger partial charge in [-0.3, -0.25) is 15.2 Å². The number of sulfonamides is 1. The topological polar surface area (TPSA) is 138 Å². The van der Waals surface area contributed by atoms with Crippen LogP contribution in [0, 0.1) is 5.41 Å². The van der Waals surface area contributed by atoms with Gasteiger partial charge in [0.15, 0.2) is 0 Å². The highest BCUT2D eigenvalue weighted by Gasteiger charge is 2.26. The summed E-state index contributed by atoms with van der Waals surface area (Å²) < 4.78 is 33.7. The summed E-state index contributed by atoms with van der Waals surface area (Å²) in [7, 11) is -3.99. The smallest absolute Gasteiger partial charge is 0.324 e. The molecule has 1 aromatic carbocycles. The summed E-state index contributed by atoms with van der Waals surface area (Å²) in [6, 6.07) is 3.21. The predicted molar refractivity (Wildman–Crippen MR) is 108 cm³/mol. The van der Waals surface area contributed by atoms with Gasteiger partial charge in [0.2, 0.25) is 16.0 Å². The summed E-state index contributed by atoms with van der Waals surface area (Å²) in [6.45, 7) is 6.49.